The van der Waals surface area contributed by atoms with Crippen LogP contribution in [0.2, 0.25) is 10.0 Å². The number of halogens is 2. The summed E-state index contributed by atoms with van der Waals surface area (Å²) in [6, 6.07) is 12.4. The lowest BCUT2D eigenvalue weighted by Crippen LogP contribution is -2.14. The molecule has 18 heavy (non-hydrogen) atoms. The van der Waals surface area contributed by atoms with Crippen LogP contribution in [0.3, 0.4) is 0 Å². The molecular formula is C13H8Cl2N2O. The molecule has 0 spiro atoms. The van der Waals surface area contributed by atoms with Crippen LogP contribution in [-0.4, -0.2) is 9.55 Å². The monoisotopic (exact) mass is 278 g/mol. The standard InChI is InChI=1S/C13H8Cl2N2O/c14-8-2-1-3-10(6-8)17-12-5-4-9(15)7-11(12)16-13(17)18/h1-7H,(H,16,18). The van der Waals surface area contributed by atoms with Gasteiger partial charge >= 0.3 is 5.69 Å². The van der Waals surface area contributed by atoms with Crippen LogP contribution in [0.15, 0.2) is 47.3 Å². The number of H-pyrrole nitrogens is 1. The normalized spacial score (nSPS) is 11.0. The van der Waals surface area contributed by atoms with Crippen molar-refractivity contribution < 1.29 is 0 Å². The van der Waals surface area contributed by atoms with Gasteiger partial charge in [0, 0.05) is 10.0 Å². The van der Waals surface area contributed by atoms with E-state index in [0.717, 1.165) is 11.2 Å². The first-order valence-electron chi connectivity index (χ1n) is 5.31. The summed E-state index contributed by atoms with van der Waals surface area (Å²) in [5, 5.41) is 1.17. The summed E-state index contributed by atoms with van der Waals surface area (Å²) in [7, 11) is 0. The number of hydrogen-bond donors (Lipinski definition) is 1. The minimum absolute atomic E-state index is 0.213. The van der Waals surface area contributed by atoms with Crippen molar-refractivity contribution in [2.75, 3.05) is 0 Å². The average molecular weight is 279 g/mol. The molecule has 0 aliphatic heterocycles. The van der Waals surface area contributed by atoms with Crippen LogP contribution < -0.4 is 5.69 Å². The van der Waals surface area contributed by atoms with E-state index < -0.39 is 0 Å². The van der Waals surface area contributed by atoms with Gasteiger partial charge in [-0.25, -0.2) is 4.79 Å². The second-order valence-electron chi connectivity index (χ2n) is 3.91. The van der Waals surface area contributed by atoms with Crippen molar-refractivity contribution in [1.29, 1.82) is 0 Å². The van der Waals surface area contributed by atoms with E-state index in [1.165, 1.54) is 0 Å². The maximum atomic E-state index is 12.0. The van der Waals surface area contributed by atoms with Crippen LogP contribution in [0.5, 0.6) is 0 Å². The summed E-state index contributed by atoms with van der Waals surface area (Å²) in [5.41, 5.74) is 1.98. The van der Waals surface area contributed by atoms with Crippen LogP contribution in [0.1, 0.15) is 0 Å². The molecule has 1 N–H and O–H groups in total. The van der Waals surface area contributed by atoms with E-state index in [4.69, 9.17) is 23.2 Å². The Morgan fingerprint density at radius 2 is 1.78 bits per heavy atom. The molecule has 0 saturated carbocycles. The Balaban J connectivity index is 2.35. The molecule has 3 rings (SSSR count). The largest absolute Gasteiger partial charge is 0.331 e. The zero-order valence-electron chi connectivity index (χ0n) is 9.15. The van der Waals surface area contributed by atoms with Gasteiger partial charge in [-0.15, -0.1) is 0 Å². The Hall–Kier alpha value is -1.71. The van der Waals surface area contributed by atoms with Crippen molar-refractivity contribution >= 4 is 34.2 Å². The zero-order chi connectivity index (χ0) is 12.7. The topological polar surface area (TPSA) is 37.8 Å². The van der Waals surface area contributed by atoms with E-state index in [1.54, 1.807) is 41.0 Å². The van der Waals surface area contributed by atoms with Crippen molar-refractivity contribution in [1.82, 2.24) is 9.55 Å². The number of benzene rings is 2. The Bertz CT molecular complexity index is 789. The van der Waals surface area contributed by atoms with Gasteiger partial charge in [0.25, 0.3) is 0 Å². The third-order valence-electron chi connectivity index (χ3n) is 2.71. The number of nitrogens with zero attached hydrogens (tertiary/aromatic N) is 1. The molecule has 90 valence electrons. The van der Waals surface area contributed by atoms with Crippen LogP contribution >= 0.6 is 23.2 Å². The molecule has 0 radical (unpaired) electrons. The summed E-state index contributed by atoms with van der Waals surface area (Å²) in [6.07, 6.45) is 0. The summed E-state index contributed by atoms with van der Waals surface area (Å²) >= 11 is 11.8. The fourth-order valence-electron chi connectivity index (χ4n) is 1.96. The number of aromatic amines is 1. The summed E-state index contributed by atoms with van der Waals surface area (Å²) < 4.78 is 1.57. The van der Waals surface area contributed by atoms with Gasteiger partial charge in [0.15, 0.2) is 0 Å². The maximum absolute atomic E-state index is 12.0. The van der Waals surface area contributed by atoms with E-state index in [9.17, 15) is 4.79 Å². The molecule has 2 aromatic carbocycles. The maximum Gasteiger partial charge on any atom is 0.331 e. The zero-order valence-corrected chi connectivity index (χ0v) is 10.7. The number of fused-ring (bicyclic) bond motifs is 1. The smallest absolute Gasteiger partial charge is 0.305 e. The predicted octanol–water partition coefficient (Wildman–Crippen LogP) is 3.63. The van der Waals surface area contributed by atoms with Gasteiger partial charge in [0.1, 0.15) is 0 Å². The highest BCUT2D eigenvalue weighted by Gasteiger charge is 2.09. The fraction of sp³-hybridized carbons (Fsp3) is 0. The van der Waals surface area contributed by atoms with Crippen LogP contribution in [-0.2, 0) is 0 Å². The van der Waals surface area contributed by atoms with E-state index >= 15 is 0 Å². The van der Waals surface area contributed by atoms with Crippen LogP contribution in [0.4, 0.5) is 0 Å². The number of aromatic nitrogens is 2. The Labute approximate surface area is 113 Å². The molecule has 5 heteroatoms. The lowest BCUT2D eigenvalue weighted by atomic mass is 10.3. The van der Waals surface area contributed by atoms with E-state index in [2.05, 4.69) is 4.98 Å². The molecule has 3 aromatic rings. The lowest BCUT2D eigenvalue weighted by molar-refractivity contribution is 1.02. The van der Waals surface area contributed by atoms with Crippen molar-refractivity contribution in [3.05, 3.63) is 63.0 Å². The average Bonchev–Trinajstić information content (AvgIpc) is 2.64. The highest BCUT2D eigenvalue weighted by Crippen LogP contribution is 2.21. The van der Waals surface area contributed by atoms with Crippen molar-refractivity contribution in [3.63, 3.8) is 0 Å². The van der Waals surface area contributed by atoms with Gasteiger partial charge in [-0.2, -0.15) is 0 Å². The first kappa shape index (κ1) is 11.4. The fourth-order valence-corrected chi connectivity index (χ4v) is 2.31. The molecule has 0 unspecified atom stereocenters. The van der Waals surface area contributed by atoms with Gasteiger partial charge < -0.3 is 4.98 Å². The van der Waals surface area contributed by atoms with Crippen molar-refractivity contribution in [2.45, 2.75) is 0 Å². The number of rotatable bonds is 1. The SMILES string of the molecule is O=c1[nH]c2cc(Cl)ccc2n1-c1cccc(Cl)c1. The Kier molecular flexibility index (Phi) is 2.65. The second-order valence-corrected chi connectivity index (χ2v) is 4.78. The second kappa shape index (κ2) is 4.19. The molecule has 0 bridgehead atoms. The summed E-state index contributed by atoms with van der Waals surface area (Å²) in [4.78, 5) is 14.7. The van der Waals surface area contributed by atoms with E-state index in [1.807, 2.05) is 6.07 Å². The van der Waals surface area contributed by atoms with Gasteiger partial charge in [-0.05, 0) is 36.4 Å². The van der Waals surface area contributed by atoms with Crippen LogP contribution in [0.25, 0.3) is 16.7 Å². The van der Waals surface area contributed by atoms with Gasteiger partial charge in [-0.1, -0.05) is 29.3 Å². The highest BCUT2D eigenvalue weighted by molar-refractivity contribution is 6.31. The first-order chi connectivity index (χ1) is 8.65. The number of hydrogen-bond acceptors (Lipinski definition) is 1. The molecule has 3 nitrogen and oxygen atoms in total. The van der Waals surface area contributed by atoms with Gasteiger partial charge in [-0.3, -0.25) is 4.57 Å². The summed E-state index contributed by atoms with van der Waals surface area (Å²) in [5.74, 6) is 0. The molecule has 0 atom stereocenters. The van der Waals surface area contributed by atoms with Gasteiger partial charge in [0.2, 0.25) is 0 Å². The highest BCUT2D eigenvalue weighted by atomic mass is 35.5. The van der Waals surface area contributed by atoms with Crippen LogP contribution in [0, 0.1) is 0 Å². The minimum atomic E-state index is -0.213. The number of nitrogens with one attached hydrogen (secondary N) is 1. The van der Waals surface area contributed by atoms with E-state index in [0.29, 0.717) is 15.6 Å². The predicted molar refractivity (Wildman–Crippen MR) is 73.9 cm³/mol. The quantitative estimate of drug-likeness (QED) is 0.725. The van der Waals surface area contributed by atoms with Crippen molar-refractivity contribution in [3.8, 4) is 5.69 Å². The first-order valence-corrected chi connectivity index (χ1v) is 6.07. The van der Waals surface area contributed by atoms with Gasteiger partial charge in [0.05, 0.1) is 16.7 Å². The molecule has 0 saturated heterocycles. The third-order valence-corrected chi connectivity index (χ3v) is 3.18. The van der Waals surface area contributed by atoms with E-state index in [-0.39, 0.29) is 5.69 Å². The molecule has 0 aliphatic rings. The molecule has 1 aromatic heterocycles. The summed E-state index contributed by atoms with van der Waals surface area (Å²) in [6.45, 7) is 0. The third kappa shape index (κ3) is 1.82. The molecule has 0 amide bonds. The number of imidazole rings is 1. The Morgan fingerprint density at radius 1 is 1.00 bits per heavy atom. The minimum Gasteiger partial charge on any atom is -0.305 e. The molecular weight excluding hydrogens is 271 g/mol. The molecule has 1 heterocycles. The van der Waals surface area contributed by atoms with Crippen molar-refractivity contribution in [2.24, 2.45) is 0 Å². The molecule has 0 fully saturated rings. The molecule has 0 aliphatic carbocycles. The lowest BCUT2D eigenvalue weighted by Gasteiger charge is -2.03. The Morgan fingerprint density at radius 3 is 2.56 bits per heavy atom.